The van der Waals surface area contributed by atoms with Gasteiger partial charge in [-0.15, -0.1) is 0 Å². The number of hydrogen-bond acceptors (Lipinski definition) is 2. The van der Waals surface area contributed by atoms with Gasteiger partial charge in [0.1, 0.15) is 5.69 Å². The second-order valence-corrected chi connectivity index (χ2v) is 5.11. The summed E-state index contributed by atoms with van der Waals surface area (Å²) in [7, 11) is 0. The Morgan fingerprint density at radius 2 is 1.90 bits per heavy atom. The van der Waals surface area contributed by atoms with Gasteiger partial charge in [-0.3, -0.25) is 0 Å². The molecule has 0 amide bonds. The van der Waals surface area contributed by atoms with Gasteiger partial charge < -0.3 is 5.73 Å². The molecular formula is C16H14ClN3. The quantitative estimate of drug-likeness (QED) is 0.770. The van der Waals surface area contributed by atoms with Gasteiger partial charge in [0.05, 0.1) is 22.6 Å². The largest absolute Gasteiger partial charge is 0.396 e. The molecule has 0 radical (unpaired) electrons. The second-order valence-electron chi connectivity index (χ2n) is 4.70. The van der Waals surface area contributed by atoms with Crippen LogP contribution in [0.5, 0.6) is 0 Å². The zero-order chi connectivity index (χ0) is 14.1. The maximum absolute atomic E-state index is 6.19. The fourth-order valence-electron chi connectivity index (χ4n) is 2.16. The number of nitrogen functional groups attached to an aromatic ring is 1. The summed E-state index contributed by atoms with van der Waals surface area (Å²) in [5, 5.41) is 5.20. The molecule has 20 heavy (non-hydrogen) atoms. The third kappa shape index (κ3) is 2.28. The van der Waals surface area contributed by atoms with E-state index in [2.05, 4.69) is 11.2 Å². The number of halogens is 1. The summed E-state index contributed by atoms with van der Waals surface area (Å²) in [5.41, 5.74) is 10.5. The molecule has 2 aromatic carbocycles. The van der Waals surface area contributed by atoms with Crippen LogP contribution in [-0.4, -0.2) is 9.78 Å². The summed E-state index contributed by atoms with van der Waals surface area (Å²) in [4.78, 5) is 0. The zero-order valence-electron chi connectivity index (χ0n) is 11.0. The Bertz CT molecular complexity index is 762. The van der Waals surface area contributed by atoms with Crippen LogP contribution in [0.1, 0.15) is 5.56 Å². The van der Waals surface area contributed by atoms with Crippen molar-refractivity contribution in [2.45, 2.75) is 6.92 Å². The molecule has 3 rings (SSSR count). The molecule has 0 fully saturated rings. The molecule has 0 aliphatic rings. The molecule has 1 heterocycles. The van der Waals surface area contributed by atoms with E-state index in [1.807, 2.05) is 49.4 Å². The molecule has 2 N–H and O–H groups in total. The lowest BCUT2D eigenvalue weighted by molar-refractivity contribution is 0.884. The van der Waals surface area contributed by atoms with Crippen molar-refractivity contribution >= 4 is 17.3 Å². The molecule has 4 heteroatoms. The minimum Gasteiger partial charge on any atom is -0.396 e. The van der Waals surface area contributed by atoms with E-state index >= 15 is 0 Å². The molecule has 0 atom stereocenters. The Morgan fingerprint density at radius 3 is 2.65 bits per heavy atom. The van der Waals surface area contributed by atoms with Crippen molar-refractivity contribution in [2.24, 2.45) is 0 Å². The number of para-hydroxylation sites is 1. The number of hydrogen-bond donors (Lipinski definition) is 1. The van der Waals surface area contributed by atoms with E-state index in [0.29, 0.717) is 10.7 Å². The number of aryl methyl sites for hydroxylation is 1. The zero-order valence-corrected chi connectivity index (χ0v) is 11.8. The molecule has 3 aromatic rings. The molecule has 0 aliphatic heterocycles. The van der Waals surface area contributed by atoms with Crippen LogP contribution in [-0.2, 0) is 0 Å². The minimum absolute atomic E-state index is 0.635. The van der Waals surface area contributed by atoms with Crippen molar-refractivity contribution in [3.8, 4) is 16.9 Å². The van der Waals surface area contributed by atoms with E-state index in [0.717, 1.165) is 16.9 Å². The van der Waals surface area contributed by atoms with Crippen LogP contribution in [0.15, 0.2) is 54.7 Å². The monoisotopic (exact) mass is 283 g/mol. The second kappa shape index (κ2) is 5.02. The summed E-state index contributed by atoms with van der Waals surface area (Å²) in [6, 6.07) is 15.7. The molecular weight excluding hydrogens is 270 g/mol. The molecule has 0 spiro atoms. The predicted molar refractivity (Wildman–Crippen MR) is 83.2 cm³/mol. The maximum Gasteiger partial charge on any atom is 0.116 e. The van der Waals surface area contributed by atoms with Crippen LogP contribution in [0, 0.1) is 6.92 Å². The number of rotatable bonds is 2. The normalized spacial score (nSPS) is 10.7. The fraction of sp³-hybridized carbons (Fsp3) is 0.0625. The molecule has 0 saturated heterocycles. The van der Waals surface area contributed by atoms with Crippen LogP contribution < -0.4 is 5.73 Å². The van der Waals surface area contributed by atoms with Gasteiger partial charge in [0.15, 0.2) is 0 Å². The molecule has 3 nitrogen and oxygen atoms in total. The van der Waals surface area contributed by atoms with Crippen molar-refractivity contribution in [1.82, 2.24) is 9.78 Å². The molecule has 0 aliphatic carbocycles. The lowest BCUT2D eigenvalue weighted by atomic mass is 10.1. The third-order valence-corrected chi connectivity index (χ3v) is 3.45. The SMILES string of the molecule is Cc1cccc(-c2nn(-c3ccccc3Cl)cc2N)c1. The van der Waals surface area contributed by atoms with Crippen LogP contribution in [0.4, 0.5) is 5.69 Å². The molecule has 1 aromatic heterocycles. The summed E-state index contributed by atoms with van der Waals surface area (Å²) in [6.45, 7) is 2.05. The lowest BCUT2D eigenvalue weighted by Crippen LogP contribution is -1.95. The number of anilines is 1. The van der Waals surface area contributed by atoms with Crippen LogP contribution in [0.3, 0.4) is 0 Å². The average Bonchev–Trinajstić information content (AvgIpc) is 2.81. The van der Waals surface area contributed by atoms with Crippen molar-refractivity contribution in [3.05, 3.63) is 65.3 Å². The number of aromatic nitrogens is 2. The van der Waals surface area contributed by atoms with E-state index in [-0.39, 0.29) is 0 Å². The lowest BCUT2D eigenvalue weighted by Gasteiger charge is -2.03. The van der Waals surface area contributed by atoms with Gasteiger partial charge in [-0.2, -0.15) is 5.10 Å². The summed E-state index contributed by atoms with van der Waals surface area (Å²) < 4.78 is 1.72. The highest BCUT2D eigenvalue weighted by Gasteiger charge is 2.11. The van der Waals surface area contributed by atoms with E-state index in [1.54, 1.807) is 10.9 Å². The van der Waals surface area contributed by atoms with Crippen molar-refractivity contribution in [1.29, 1.82) is 0 Å². The molecule has 0 saturated carbocycles. The van der Waals surface area contributed by atoms with E-state index in [9.17, 15) is 0 Å². The van der Waals surface area contributed by atoms with Crippen molar-refractivity contribution in [2.75, 3.05) is 5.73 Å². The third-order valence-electron chi connectivity index (χ3n) is 3.13. The van der Waals surface area contributed by atoms with Crippen molar-refractivity contribution < 1.29 is 0 Å². The van der Waals surface area contributed by atoms with Crippen LogP contribution in [0.25, 0.3) is 16.9 Å². The molecule has 0 bridgehead atoms. The highest BCUT2D eigenvalue weighted by atomic mass is 35.5. The number of benzene rings is 2. The van der Waals surface area contributed by atoms with E-state index in [4.69, 9.17) is 17.3 Å². The highest BCUT2D eigenvalue weighted by Crippen LogP contribution is 2.28. The summed E-state index contributed by atoms with van der Waals surface area (Å²) in [6.07, 6.45) is 1.79. The Balaban J connectivity index is 2.10. The first-order chi connectivity index (χ1) is 9.65. The molecule has 100 valence electrons. The minimum atomic E-state index is 0.635. The Hall–Kier alpha value is -2.26. The van der Waals surface area contributed by atoms with Crippen LogP contribution in [0.2, 0.25) is 5.02 Å². The molecule has 0 unspecified atom stereocenters. The number of nitrogens with zero attached hydrogens (tertiary/aromatic N) is 2. The van der Waals surface area contributed by atoms with E-state index in [1.165, 1.54) is 5.56 Å². The summed E-state index contributed by atoms with van der Waals surface area (Å²) in [5.74, 6) is 0. The fourth-order valence-corrected chi connectivity index (χ4v) is 2.39. The van der Waals surface area contributed by atoms with Gasteiger partial charge >= 0.3 is 0 Å². The Morgan fingerprint density at radius 1 is 1.10 bits per heavy atom. The van der Waals surface area contributed by atoms with Crippen molar-refractivity contribution in [3.63, 3.8) is 0 Å². The Kier molecular flexibility index (Phi) is 3.20. The smallest absolute Gasteiger partial charge is 0.116 e. The van der Waals surface area contributed by atoms with Crippen LogP contribution >= 0.6 is 11.6 Å². The first kappa shape index (κ1) is 12.8. The summed E-state index contributed by atoms with van der Waals surface area (Å²) >= 11 is 6.19. The Labute approximate surface area is 122 Å². The van der Waals surface area contributed by atoms with Gasteiger partial charge in [0.2, 0.25) is 0 Å². The first-order valence-corrected chi connectivity index (χ1v) is 6.70. The van der Waals surface area contributed by atoms with Gasteiger partial charge in [0.25, 0.3) is 0 Å². The van der Waals surface area contributed by atoms with E-state index < -0.39 is 0 Å². The standard InChI is InChI=1S/C16H14ClN3/c1-11-5-4-6-12(9-11)16-14(18)10-20(19-16)15-8-3-2-7-13(15)17/h2-10H,18H2,1H3. The van der Waals surface area contributed by atoms with Gasteiger partial charge in [-0.1, -0.05) is 47.5 Å². The van der Waals surface area contributed by atoms with Gasteiger partial charge in [-0.25, -0.2) is 4.68 Å². The topological polar surface area (TPSA) is 43.8 Å². The number of nitrogens with two attached hydrogens (primary N) is 1. The average molecular weight is 284 g/mol. The first-order valence-electron chi connectivity index (χ1n) is 6.32. The van der Waals surface area contributed by atoms with Gasteiger partial charge in [0, 0.05) is 5.56 Å². The maximum atomic E-state index is 6.19. The van der Waals surface area contributed by atoms with Gasteiger partial charge in [-0.05, 0) is 25.1 Å². The highest BCUT2D eigenvalue weighted by molar-refractivity contribution is 6.32. The predicted octanol–water partition coefficient (Wildman–Crippen LogP) is 4.08.